The first-order chi connectivity index (χ1) is 6.81. The van der Waals surface area contributed by atoms with Crippen molar-refractivity contribution >= 4 is 22.7 Å². The fourth-order valence-electron chi connectivity index (χ4n) is 1.37. The summed E-state index contributed by atoms with van der Waals surface area (Å²) in [6, 6.07) is 8.88. The van der Waals surface area contributed by atoms with Gasteiger partial charge in [0.25, 0.3) is 0 Å². The molecule has 2 aromatic rings. The normalized spacial score (nSPS) is 10.6. The summed E-state index contributed by atoms with van der Waals surface area (Å²) < 4.78 is 5.56. The summed E-state index contributed by atoms with van der Waals surface area (Å²) >= 11 is 1.64. The number of para-hydroxylation sites is 1. The van der Waals surface area contributed by atoms with Crippen LogP contribution in [0, 0.1) is 0 Å². The van der Waals surface area contributed by atoms with Crippen molar-refractivity contribution in [1.82, 2.24) is 0 Å². The molecule has 0 radical (unpaired) electrons. The molecule has 1 heterocycles. The van der Waals surface area contributed by atoms with Gasteiger partial charge in [-0.2, -0.15) is 11.8 Å². The SMILES string of the molecule is CSCc1cc(=O)c2ccccc2o1. The lowest BCUT2D eigenvalue weighted by Crippen LogP contribution is -2.00. The molecule has 0 saturated carbocycles. The van der Waals surface area contributed by atoms with Crippen LogP contribution in [0.2, 0.25) is 0 Å². The van der Waals surface area contributed by atoms with Gasteiger partial charge < -0.3 is 4.42 Å². The van der Waals surface area contributed by atoms with E-state index in [1.165, 1.54) is 0 Å². The van der Waals surface area contributed by atoms with Crippen molar-refractivity contribution in [3.63, 3.8) is 0 Å². The van der Waals surface area contributed by atoms with Crippen LogP contribution < -0.4 is 5.43 Å². The molecule has 0 aliphatic rings. The fraction of sp³-hybridized carbons (Fsp3) is 0.182. The Hall–Kier alpha value is -1.22. The molecule has 0 bridgehead atoms. The minimum atomic E-state index is 0.0379. The molecule has 0 aliphatic carbocycles. The molecule has 14 heavy (non-hydrogen) atoms. The van der Waals surface area contributed by atoms with Crippen LogP contribution in [-0.2, 0) is 5.75 Å². The Morgan fingerprint density at radius 2 is 2.14 bits per heavy atom. The number of hydrogen-bond donors (Lipinski definition) is 0. The lowest BCUT2D eigenvalue weighted by molar-refractivity contribution is 0.560. The van der Waals surface area contributed by atoms with Gasteiger partial charge in [-0.25, -0.2) is 0 Å². The highest BCUT2D eigenvalue weighted by molar-refractivity contribution is 7.97. The van der Waals surface area contributed by atoms with E-state index in [-0.39, 0.29) is 5.43 Å². The second-order valence-electron chi connectivity index (χ2n) is 3.01. The first kappa shape index (κ1) is 9.34. The van der Waals surface area contributed by atoms with Crippen LogP contribution in [0.3, 0.4) is 0 Å². The second-order valence-corrected chi connectivity index (χ2v) is 3.87. The van der Waals surface area contributed by atoms with E-state index in [9.17, 15) is 4.79 Å². The van der Waals surface area contributed by atoms with Crippen molar-refractivity contribution < 1.29 is 4.42 Å². The topological polar surface area (TPSA) is 30.2 Å². The predicted molar refractivity (Wildman–Crippen MR) is 59.7 cm³/mol. The largest absolute Gasteiger partial charge is 0.460 e. The molecule has 72 valence electrons. The van der Waals surface area contributed by atoms with Crippen molar-refractivity contribution in [2.45, 2.75) is 5.75 Å². The van der Waals surface area contributed by atoms with Gasteiger partial charge in [0.05, 0.1) is 11.1 Å². The summed E-state index contributed by atoms with van der Waals surface area (Å²) in [5.41, 5.74) is 0.708. The smallest absolute Gasteiger partial charge is 0.192 e. The number of benzene rings is 1. The Kier molecular flexibility index (Phi) is 2.59. The van der Waals surface area contributed by atoms with E-state index in [4.69, 9.17) is 4.42 Å². The molecule has 0 saturated heterocycles. The quantitative estimate of drug-likeness (QED) is 0.756. The van der Waals surface area contributed by atoms with Crippen molar-refractivity contribution in [2.24, 2.45) is 0 Å². The van der Waals surface area contributed by atoms with Gasteiger partial charge in [0.1, 0.15) is 11.3 Å². The highest BCUT2D eigenvalue weighted by atomic mass is 32.2. The standard InChI is InChI=1S/C11H10O2S/c1-14-7-8-6-10(12)9-4-2-3-5-11(9)13-8/h2-6H,7H2,1H3. The Labute approximate surface area is 85.9 Å². The van der Waals surface area contributed by atoms with Crippen molar-refractivity contribution in [3.05, 3.63) is 46.3 Å². The van der Waals surface area contributed by atoms with Crippen LogP contribution in [-0.4, -0.2) is 6.26 Å². The molecule has 0 unspecified atom stereocenters. The lowest BCUT2D eigenvalue weighted by Gasteiger charge is -2.00. The molecule has 1 aromatic heterocycles. The minimum Gasteiger partial charge on any atom is -0.460 e. The molecular weight excluding hydrogens is 196 g/mol. The van der Waals surface area contributed by atoms with Gasteiger partial charge in [-0.15, -0.1) is 0 Å². The molecule has 3 heteroatoms. The molecule has 0 amide bonds. The summed E-state index contributed by atoms with van der Waals surface area (Å²) in [6.07, 6.45) is 1.98. The zero-order chi connectivity index (χ0) is 9.97. The maximum atomic E-state index is 11.6. The van der Waals surface area contributed by atoms with E-state index in [0.717, 1.165) is 11.5 Å². The molecule has 1 aromatic carbocycles. The van der Waals surface area contributed by atoms with Crippen LogP contribution in [0.5, 0.6) is 0 Å². The van der Waals surface area contributed by atoms with Gasteiger partial charge in [-0.3, -0.25) is 4.79 Å². The van der Waals surface area contributed by atoms with Crippen molar-refractivity contribution in [2.75, 3.05) is 6.26 Å². The average Bonchev–Trinajstić information content (AvgIpc) is 2.18. The first-order valence-corrected chi connectivity index (χ1v) is 5.71. The average molecular weight is 206 g/mol. The summed E-state index contributed by atoms with van der Waals surface area (Å²) in [4.78, 5) is 11.6. The van der Waals surface area contributed by atoms with Crippen LogP contribution in [0.1, 0.15) is 5.76 Å². The molecular formula is C11H10O2S. The van der Waals surface area contributed by atoms with E-state index >= 15 is 0 Å². The van der Waals surface area contributed by atoms with Crippen LogP contribution in [0.15, 0.2) is 39.5 Å². The zero-order valence-corrected chi connectivity index (χ0v) is 8.64. The number of fused-ring (bicyclic) bond motifs is 1. The van der Waals surface area contributed by atoms with Gasteiger partial charge in [-0.1, -0.05) is 12.1 Å². The molecule has 0 N–H and O–H groups in total. The highest BCUT2D eigenvalue weighted by Gasteiger charge is 2.02. The Bertz CT molecular complexity index is 502. The van der Waals surface area contributed by atoms with Crippen molar-refractivity contribution in [1.29, 1.82) is 0 Å². The summed E-state index contributed by atoms with van der Waals surface area (Å²) in [6.45, 7) is 0. The third kappa shape index (κ3) is 1.68. The Morgan fingerprint density at radius 3 is 2.93 bits per heavy atom. The third-order valence-electron chi connectivity index (χ3n) is 1.97. The number of hydrogen-bond acceptors (Lipinski definition) is 3. The Morgan fingerprint density at radius 1 is 1.36 bits per heavy atom. The predicted octanol–water partition coefficient (Wildman–Crippen LogP) is 2.66. The fourth-order valence-corrected chi connectivity index (χ4v) is 1.79. The van der Waals surface area contributed by atoms with Crippen LogP contribution >= 0.6 is 11.8 Å². The van der Waals surface area contributed by atoms with Crippen LogP contribution in [0.4, 0.5) is 0 Å². The monoisotopic (exact) mass is 206 g/mol. The minimum absolute atomic E-state index is 0.0379. The molecule has 0 aliphatic heterocycles. The van der Waals surface area contributed by atoms with Crippen molar-refractivity contribution in [3.8, 4) is 0 Å². The zero-order valence-electron chi connectivity index (χ0n) is 7.82. The van der Waals surface area contributed by atoms with E-state index in [2.05, 4.69) is 0 Å². The lowest BCUT2D eigenvalue weighted by atomic mass is 10.2. The Balaban J connectivity index is 2.66. The summed E-state index contributed by atoms with van der Waals surface area (Å²) in [7, 11) is 0. The number of rotatable bonds is 2. The molecule has 2 rings (SSSR count). The maximum absolute atomic E-state index is 11.6. The van der Waals surface area contributed by atoms with Gasteiger partial charge in [0.2, 0.25) is 0 Å². The van der Waals surface area contributed by atoms with Crippen LogP contribution in [0.25, 0.3) is 11.0 Å². The number of thioether (sulfide) groups is 1. The van der Waals surface area contributed by atoms with Gasteiger partial charge in [0, 0.05) is 6.07 Å². The first-order valence-electron chi connectivity index (χ1n) is 4.32. The molecule has 0 spiro atoms. The highest BCUT2D eigenvalue weighted by Crippen LogP contribution is 2.14. The molecule has 0 atom stereocenters. The van der Waals surface area contributed by atoms with Gasteiger partial charge in [-0.05, 0) is 18.4 Å². The second kappa shape index (κ2) is 3.88. The molecule has 2 nitrogen and oxygen atoms in total. The molecule has 0 fully saturated rings. The maximum Gasteiger partial charge on any atom is 0.192 e. The van der Waals surface area contributed by atoms with E-state index in [1.54, 1.807) is 23.9 Å². The van der Waals surface area contributed by atoms with Gasteiger partial charge >= 0.3 is 0 Å². The third-order valence-corrected chi connectivity index (χ3v) is 2.55. The van der Waals surface area contributed by atoms with Gasteiger partial charge in [0.15, 0.2) is 5.43 Å². The van der Waals surface area contributed by atoms with E-state index in [0.29, 0.717) is 11.0 Å². The van der Waals surface area contributed by atoms with E-state index < -0.39 is 0 Å². The van der Waals surface area contributed by atoms with E-state index in [1.807, 2.05) is 24.5 Å². The summed E-state index contributed by atoms with van der Waals surface area (Å²) in [5, 5.41) is 0.650. The summed E-state index contributed by atoms with van der Waals surface area (Å²) in [5.74, 6) is 1.47.